The number of rotatable bonds is 5. The fourth-order valence-electron chi connectivity index (χ4n) is 8.21. The molecular weight excluding hydrogens is 521 g/mol. The molecule has 0 nitrogen and oxygen atoms in total. The Hall–Kier alpha value is -4.20. The summed E-state index contributed by atoms with van der Waals surface area (Å²) in [5.74, 6) is 0.672. The predicted octanol–water partition coefficient (Wildman–Crippen LogP) is 8.88. The zero-order valence-corrected chi connectivity index (χ0v) is 26.3. The van der Waals surface area contributed by atoms with Gasteiger partial charge in [-0.05, 0) is 85.1 Å². The summed E-state index contributed by atoms with van der Waals surface area (Å²) in [5.41, 5.74) is 14.4. The van der Waals surface area contributed by atoms with Gasteiger partial charge in [0, 0.05) is 11.8 Å². The van der Waals surface area contributed by atoms with E-state index in [-0.39, 0.29) is 0 Å². The second kappa shape index (κ2) is 10.3. The molecule has 0 aliphatic heterocycles. The zero-order valence-electron chi connectivity index (χ0n) is 25.3. The van der Waals surface area contributed by atoms with E-state index in [2.05, 4.69) is 162 Å². The molecule has 0 bridgehead atoms. The Morgan fingerprint density at radius 2 is 0.833 bits per heavy atom. The van der Waals surface area contributed by atoms with Gasteiger partial charge in [-0.1, -0.05) is 148 Å². The van der Waals surface area contributed by atoms with Crippen LogP contribution in [0, 0.1) is 0 Å². The van der Waals surface area contributed by atoms with Crippen molar-refractivity contribution >= 4 is 45.9 Å². The second-order valence-electron chi connectivity index (χ2n) is 12.3. The molecule has 42 heavy (non-hydrogen) atoms. The summed E-state index contributed by atoms with van der Waals surface area (Å²) in [4.78, 5) is 0. The highest BCUT2D eigenvalue weighted by Crippen LogP contribution is 2.48. The summed E-state index contributed by atoms with van der Waals surface area (Å²) in [5, 5.41) is 4.58. The van der Waals surface area contributed by atoms with Crippen LogP contribution < -0.4 is 15.6 Å². The van der Waals surface area contributed by atoms with Gasteiger partial charge < -0.3 is 0 Å². The molecule has 1 heteroatoms. The van der Waals surface area contributed by atoms with Crippen LogP contribution in [0.1, 0.15) is 72.9 Å². The lowest BCUT2D eigenvalue weighted by atomic mass is 9.92. The number of hydrogen-bond acceptors (Lipinski definition) is 0. The molecule has 2 unspecified atom stereocenters. The number of fused-ring (bicyclic) bond motifs is 2. The highest BCUT2D eigenvalue weighted by Gasteiger charge is 2.43. The standard InChI is InChI=1S/C41H38Si/c1-27-34-23-15-25-36(40(34)29(3)38(27)31-17-9-6-10-18-31)42(5,33-21-13-8-14-22-33)37-26-16-24-35-28(2)39(30(4)41(35)37)32-19-11-7-12-20-32/h6-26,29-30H,1-5H3. The van der Waals surface area contributed by atoms with Gasteiger partial charge in [0.2, 0.25) is 0 Å². The van der Waals surface area contributed by atoms with E-state index < -0.39 is 8.07 Å². The van der Waals surface area contributed by atoms with Crippen LogP contribution in [0.25, 0.3) is 22.3 Å². The van der Waals surface area contributed by atoms with Gasteiger partial charge in [-0.3, -0.25) is 0 Å². The van der Waals surface area contributed by atoms with Crippen molar-refractivity contribution in [3.8, 4) is 0 Å². The van der Waals surface area contributed by atoms with Crippen molar-refractivity contribution in [2.75, 3.05) is 0 Å². The zero-order chi connectivity index (χ0) is 29.0. The molecule has 0 heterocycles. The first-order valence-corrected chi connectivity index (χ1v) is 17.8. The van der Waals surface area contributed by atoms with Crippen molar-refractivity contribution in [3.05, 3.63) is 161 Å². The maximum Gasteiger partial charge on any atom is 0.146 e. The van der Waals surface area contributed by atoms with Crippen LogP contribution in [0.15, 0.2) is 127 Å². The molecule has 206 valence electrons. The molecule has 0 radical (unpaired) electrons. The summed E-state index contributed by atoms with van der Waals surface area (Å²) >= 11 is 0. The lowest BCUT2D eigenvalue weighted by Gasteiger charge is -2.35. The van der Waals surface area contributed by atoms with E-state index in [0.29, 0.717) is 11.8 Å². The molecule has 5 aromatic rings. The van der Waals surface area contributed by atoms with Crippen molar-refractivity contribution in [3.63, 3.8) is 0 Å². The van der Waals surface area contributed by atoms with Crippen molar-refractivity contribution in [2.24, 2.45) is 0 Å². The molecule has 0 spiro atoms. The van der Waals surface area contributed by atoms with Gasteiger partial charge in [-0.2, -0.15) is 0 Å². The molecule has 2 aliphatic rings. The van der Waals surface area contributed by atoms with E-state index >= 15 is 0 Å². The third-order valence-electron chi connectivity index (χ3n) is 10.2. The van der Waals surface area contributed by atoms with E-state index in [1.807, 2.05) is 0 Å². The van der Waals surface area contributed by atoms with Crippen molar-refractivity contribution in [1.29, 1.82) is 0 Å². The summed E-state index contributed by atoms with van der Waals surface area (Å²) in [6, 6.07) is 47.7. The summed E-state index contributed by atoms with van der Waals surface area (Å²) in [6.07, 6.45) is 0. The first kappa shape index (κ1) is 26.7. The largest absolute Gasteiger partial charge is 0.146 e. The van der Waals surface area contributed by atoms with E-state index in [4.69, 9.17) is 0 Å². The normalized spacial score (nSPS) is 19.1. The maximum absolute atomic E-state index is 2.61. The fraction of sp³-hybridized carbons (Fsp3) is 0.171. The second-order valence-corrected chi connectivity index (χ2v) is 16.2. The molecule has 0 N–H and O–H groups in total. The first-order chi connectivity index (χ1) is 20.4. The van der Waals surface area contributed by atoms with Crippen molar-refractivity contribution < 1.29 is 0 Å². The third-order valence-corrected chi connectivity index (χ3v) is 14.7. The molecular formula is C41H38Si. The lowest BCUT2D eigenvalue weighted by Crippen LogP contribution is -2.66. The van der Waals surface area contributed by atoms with Gasteiger partial charge in [-0.15, -0.1) is 0 Å². The average molecular weight is 559 g/mol. The summed E-state index contributed by atoms with van der Waals surface area (Å²) < 4.78 is 0. The Bertz CT molecular complexity index is 1740. The Morgan fingerprint density at radius 1 is 0.452 bits per heavy atom. The average Bonchev–Trinajstić information content (AvgIpc) is 3.46. The molecule has 2 atom stereocenters. The van der Waals surface area contributed by atoms with Crippen LogP contribution in [0.5, 0.6) is 0 Å². The summed E-state index contributed by atoms with van der Waals surface area (Å²) in [6.45, 7) is 12.1. The van der Waals surface area contributed by atoms with Crippen LogP contribution in [-0.4, -0.2) is 8.07 Å². The Labute approximate surface area is 252 Å². The summed E-state index contributed by atoms with van der Waals surface area (Å²) in [7, 11) is -2.45. The van der Waals surface area contributed by atoms with Gasteiger partial charge >= 0.3 is 0 Å². The monoisotopic (exact) mass is 558 g/mol. The Morgan fingerprint density at radius 3 is 1.24 bits per heavy atom. The van der Waals surface area contributed by atoms with Crippen LogP contribution >= 0.6 is 0 Å². The maximum atomic E-state index is 2.61. The number of hydrogen-bond donors (Lipinski definition) is 0. The minimum Gasteiger partial charge on any atom is -0.0624 e. The molecule has 7 rings (SSSR count). The topological polar surface area (TPSA) is 0 Å². The predicted molar refractivity (Wildman–Crippen MR) is 185 cm³/mol. The fourth-order valence-corrected chi connectivity index (χ4v) is 12.6. The lowest BCUT2D eigenvalue weighted by molar-refractivity contribution is 1.01. The molecule has 2 aliphatic carbocycles. The smallest absolute Gasteiger partial charge is 0.0624 e. The van der Waals surface area contributed by atoms with Crippen molar-refractivity contribution in [2.45, 2.75) is 46.1 Å². The van der Waals surface area contributed by atoms with Crippen LogP contribution in [0.4, 0.5) is 0 Å². The minimum atomic E-state index is -2.45. The van der Waals surface area contributed by atoms with Gasteiger partial charge in [-0.25, -0.2) is 0 Å². The van der Waals surface area contributed by atoms with E-state index in [1.165, 1.54) is 60.9 Å². The third kappa shape index (κ3) is 3.87. The molecule has 0 saturated carbocycles. The van der Waals surface area contributed by atoms with Crippen LogP contribution in [0.3, 0.4) is 0 Å². The number of benzene rings is 5. The SMILES string of the molecule is CC1=C(c2ccccc2)C(C)c2c1cccc2[Si](C)(c1ccccc1)c1cccc2c1C(C)C(c1ccccc1)=C2C. The highest BCUT2D eigenvalue weighted by molar-refractivity contribution is 7.11. The van der Waals surface area contributed by atoms with Crippen LogP contribution in [-0.2, 0) is 0 Å². The van der Waals surface area contributed by atoms with E-state index in [9.17, 15) is 0 Å². The van der Waals surface area contributed by atoms with E-state index in [0.717, 1.165) is 0 Å². The van der Waals surface area contributed by atoms with Gasteiger partial charge in [0.25, 0.3) is 0 Å². The van der Waals surface area contributed by atoms with Crippen LogP contribution in [0.2, 0.25) is 6.55 Å². The molecule has 0 aromatic heterocycles. The molecule has 0 fully saturated rings. The van der Waals surface area contributed by atoms with Gasteiger partial charge in [0.15, 0.2) is 0 Å². The highest BCUT2D eigenvalue weighted by atomic mass is 28.3. The molecule has 0 amide bonds. The first-order valence-electron chi connectivity index (χ1n) is 15.3. The van der Waals surface area contributed by atoms with Crippen molar-refractivity contribution in [1.82, 2.24) is 0 Å². The minimum absolute atomic E-state index is 0.336. The van der Waals surface area contributed by atoms with E-state index in [1.54, 1.807) is 10.4 Å². The number of allylic oxidation sites excluding steroid dienone is 4. The quantitative estimate of drug-likeness (QED) is 0.149. The Kier molecular flexibility index (Phi) is 6.52. The molecule has 5 aromatic carbocycles. The van der Waals surface area contributed by atoms with Gasteiger partial charge in [0.1, 0.15) is 8.07 Å². The van der Waals surface area contributed by atoms with Gasteiger partial charge in [0.05, 0.1) is 0 Å². The molecule has 0 saturated heterocycles. The Balaban J connectivity index is 1.47.